The fraction of sp³-hybridized carbons (Fsp3) is 0.417. The SMILES string of the molecule is Cc1ccc(CCC(=O)N2CCN(CC(=O)Nc3c(C)cccc3C)CC2)cc1. The first-order valence-electron chi connectivity index (χ1n) is 10.3. The number of carbonyl (C=O) groups excluding carboxylic acids is 2. The molecule has 0 saturated carbocycles. The normalized spacial score (nSPS) is 14.7. The third-order valence-corrected chi connectivity index (χ3v) is 5.59. The van der Waals surface area contributed by atoms with Gasteiger partial charge in [0, 0.05) is 38.3 Å². The van der Waals surface area contributed by atoms with E-state index in [1.54, 1.807) is 0 Å². The zero-order valence-electron chi connectivity index (χ0n) is 17.7. The maximum Gasteiger partial charge on any atom is 0.238 e. The molecule has 1 aliphatic rings. The first-order valence-corrected chi connectivity index (χ1v) is 10.3. The second-order valence-electron chi connectivity index (χ2n) is 7.96. The predicted octanol–water partition coefficient (Wildman–Crippen LogP) is 3.33. The molecule has 0 unspecified atom stereocenters. The summed E-state index contributed by atoms with van der Waals surface area (Å²) in [7, 11) is 0. The van der Waals surface area contributed by atoms with Gasteiger partial charge in [0.25, 0.3) is 0 Å². The van der Waals surface area contributed by atoms with Gasteiger partial charge in [-0.15, -0.1) is 0 Å². The minimum Gasteiger partial charge on any atom is -0.340 e. The third kappa shape index (κ3) is 5.91. The number of rotatable bonds is 6. The molecule has 0 atom stereocenters. The molecule has 2 amide bonds. The lowest BCUT2D eigenvalue weighted by Crippen LogP contribution is -2.50. The summed E-state index contributed by atoms with van der Waals surface area (Å²) in [6, 6.07) is 14.4. The molecular weight excluding hydrogens is 362 g/mol. The van der Waals surface area contributed by atoms with Crippen LogP contribution >= 0.6 is 0 Å². The van der Waals surface area contributed by atoms with Crippen LogP contribution in [0, 0.1) is 20.8 Å². The largest absolute Gasteiger partial charge is 0.340 e. The predicted molar refractivity (Wildman–Crippen MR) is 117 cm³/mol. The van der Waals surface area contributed by atoms with E-state index >= 15 is 0 Å². The molecule has 0 aliphatic carbocycles. The van der Waals surface area contributed by atoms with Crippen molar-refractivity contribution >= 4 is 17.5 Å². The van der Waals surface area contributed by atoms with Gasteiger partial charge in [0.1, 0.15) is 0 Å². The molecule has 5 heteroatoms. The Balaban J connectivity index is 1.42. The molecular formula is C24H31N3O2. The molecule has 1 saturated heterocycles. The molecule has 3 rings (SSSR count). The molecule has 2 aromatic carbocycles. The monoisotopic (exact) mass is 393 g/mol. The maximum absolute atomic E-state index is 12.5. The number of hydrogen-bond donors (Lipinski definition) is 1. The van der Waals surface area contributed by atoms with Crippen molar-refractivity contribution in [1.82, 2.24) is 9.80 Å². The van der Waals surface area contributed by atoms with E-state index in [0.717, 1.165) is 36.3 Å². The number of carbonyl (C=O) groups is 2. The van der Waals surface area contributed by atoms with Crippen LogP contribution in [0.15, 0.2) is 42.5 Å². The van der Waals surface area contributed by atoms with Crippen LogP contribution in [-0.4, -0.2) is 54.3 Å². The summed E-state index contributed by atoms with van der Waals surface area (Å²) in [5.41, 5.74) is 5.48. The van der Waals surface area contributed by atoms with Crippen LogP contribution in [0.4, 0.5) is 5.69 Å². The number of piperazine rings is 1. The Hall–Kier alpha value is -2.66. The number of anilines is 1. The number of amides is 2. The standard InChI is InChI=1S/C24H31N3O2/c1-18-7-9-21(10-8-18)11-12-23(29)27-15-13-26(14-16-27)17-22(28)25-24-19(2)5-4-6-20(24)3/h4-10H,11-17H2,1-3H3,(H,25,28). The molecule has 5 nitrogen and oxygen atoms in total. The first kappa shape index (κ1) is 21.1. The minimum absolute atomic E-state index is 0.00143. The Bertz CT molecular complexity index is 833. The molecule has 1 N–H and O–H groups in total. The molecule has 0 spiro atoms. The molecule has 2 aromatic rings. The van der Waals surface area contributed by atoms with Crippen LogP contribution in [0.25, 0.3) is 0 Å². The second kappa shape index (κ2) is 9.70. The van der Waals surface area contributed by atoms with E-state index < -0.39 is 0 Å². The number of hydrogen-bond acceptors (Lipinski definition) is 3. The van der Waals surface area contributed by atoms with E-state index in [2.05, 4.69) is 41.4 Å². The lowest BCUT2D eigenvalue weighted by atomic mass is 10.1. The fourth-order valence-electron chi connectivity index (χ4n) is 3.71. The Morgan fingerprint density at radius 3 is 2.14 bits per heavy atom. The summed E-state index contributed by atoms with van der Waals surface area (Å²) in [4.78, 5) is 29.0. The van der Waals surface area contributed by atoms with E-state index in [0.29, 0.717) is 26.1 Å². The van der Waals surface area contributed by atoms with Crippen molar-refractivity contribution in [2.45, 2.75) is 33.6 Å². The molecule has 0 aromatic heterocycles. The molecule has 154 valence electrons. The Morgan fingerprint density at radius 2 is 1.52 bits per heavy atom. The van der Waals surface area contributed by atoms with E-state index in [4.69, 9.17) is 0 Å². The first-order chi connectivity index (χ1) is 13.9. The van der Waals surface area contributed by atoms with E-state index in [1.807, 2.05) is 36.9 Å². The van der Waals surface area contributed by atoms with Gasteiger partial charge in [-0.2, -0.15) is 0 Å². The fourth-order valence-corrected chi connectivity index (χ4v) is 3.71. The number of aryl methyl sites for hydroxylation is 4. The van der Waals surface area contributed by atoms with Gasteiger partial charge in [0.15, 0.2) is 0 Å². The van der Waals surface area contributed by atoms with E-state index in [1.165, 1.54) is 11.1 Å². The molecule has 0 bridgehead atoms. The highest BCUT2D eigenvalue weighted by molar-refractivity contribution is 5.93. The Morgan fingerprint density at radius 1 is 0.897 bits per heavy atom. The van der Waals surface area contributed by atoms with Crippen LogP contribution in [0.1, 0.15) is 28.7 Å². The van der Waals surface area contributed by atoms with E-state index in [-0.39, 0.29) is 11.8 Å². The van der Waals surface area contributed by atoms with Crippen molar-refractivity contribution in [3.05, 3.63) is 64.7 Å². The van der Waals surface area contributed by atoms with Crippen molar-refractivity contribution in [3.8, 4) is 0 Å². The number of nitrogens with one attached hydrogen (secondary N) is 1. The van der Waals surface area contributed by atoms with Crippen molar-refractivity contribution in [2.24, 2.45) is 0 Å². The van der Waals surface area contributed by atoms with E-state index in [9.17, 15) is 9.59 Å². The van der Waals surface area contributed by atoms with Crippen molar-refractivity contribution in [1.29, 1.82) is 0 Å². The zero-order valence-corrected chi connectivity index (χ0v) is 17.7. The van der Waals surface area contributed by atoms with Gasteiger partial charge in [-0.3, -0.25) is 14.5 Å². The zero-order chi connectivity index (χ0) is 20.8. The van der Waals surface area contributed by atoms with Gasteiger partial charge in [0.05, 0.1) is 6.54 Å². The van der Waals surface area contributed by atoms with Crippen LogP contribution in [0.2, 0.25) is 0 Å². The minimum atomic E-state index is 0.00143. The lowest BCUT2D eigenvalue weighted by molar-refractivity contribution is -0.133. The topological polar surface area (TPSA) is 52.7 Å². The highest BCUT2D eigenvalue weighted by Gasteiger charge is 2.22. The molecule has 29 heavy (non-hydrogen) atoms. The van der Waals surface area contributed by atoms with Crippen LogP contribution in [0.3, 0.4) is 0 Å². The van der Waals surface area contributed by atoms with Gasteiger partial charge in [-0.25, -0.2) is 0 Å². The summed E-state index contributed by atoms with van der Waals surface area (Å²) >= 11 is 0. The third-order valence-electron chi connectivity index (χ3n) is 5.59. The molecule has 0 radical (unpaired) electrons. The average molecular weight is 394 g/mol. The average Bonchev–Trinajstić information content (AvgIpc) is 2.71. The summed E-state index contributed by atoms with van der Waals surface area (Å²) in [5.74, 6) is 0.201. The summed E-state index contributed by atoms with van der Waals surface area (Å²) < 4.78 is 0. The quantitative estimate of drug-likeness (QED) is 0.819. The van der Waals surface area contributed by atoms with Gasteiger partial charge in [0.2, 0.25) is 11.8 Å². The van der Waals surface area contributed by atoms with Crippen molar-refractivity contribution in [2.75, 3.05) is 38.0 Å². The smallest absolute Gasteiger partial charge is 0.238 e. The summed E-state index contributed by atoms with van der Waals surface area (Å²) in [5, 5.41) is 3.04. The maximum atomic E-state index is 12.5. The number of benzene rings is 2. The number of para-hydroxylation sites is 1. The summed E-state index contributed by atoms with van der Waals surface area (Å²) in [6.07, 6.45) is 1.31. The Labute approximate surface area is 173 Å². The highest BCUT2D eigenvalue weighted by Crippen LogP contribution is 2.19. The Kier molecular flexibility index (Phi) is 7.04. The number of nitrogens with zero attached hydrogens (tertiary/aromatic N) is 2. The van der Waals surface area contributed by atoms with Gasteiger partial charge >= 0.3 is 0 Å². The second-order valence-corrected chi connectivity index (χ2v) is 7.96. The lowest BCUT2D eigenvalue weighted by Gasteiger charge is -2.34. The highest BCUT2D eigenvalue weighted by atomic mass is 16.2. The van der Waals surface area contributed by atoms with Gasteiger partial charge in [-0.05, 0) is 43.9 Å². The van der Waals surface area contributed by atoms with Crippen LogP contribution in [0.5, 0.6) is 0 Å². The van der Waals surface area contributed by atoms with Gasteiger partial charge < -0.3 is 10.2 Å². The summed E-state index contributed by atoms with van der Waals surface area (Å²) in [6.45, 7) is 9.27. The van der Waals surface area contributed by atoms with Crippen LogP contribution in [-0.2, 0) is 16.0 Å². The van der Waals surface area contributed by atoms with Crippen molar-refractivity contribution < 1.29 is 9.59 Å². The van der Waals surface area contributed by atoms with Gasteiger partial charge in [-0.1, -0.05) is 48.0 Å². The van der Waals surface area contributed by atoms with Crippen LogP contribution < -0.4 is 5.32 Å². The van der Waals surface area contributed by atoms with Crippen molar-refractivity contribution in [3.63, 3.8) is 0 Å². The molecule has 1 aliphatic heterocycles. The molecule has 1 heterocycles. The molecule has 1 fully saturated rings.